The lowest BCUT2D eigenvalue weighted by atomic mass is 9.49. The molecule has 1 saturated heterocycles. The summed E-state index contributed by atoms with van der Waals surface area (Å²) in [5.41, 5.74) is 1.53. The Balaban J connectivity index is 1.29. The van der Waals surface area contributed by atoms with E-state index in [1.54, 1.807) is 24.3 Å². The minimum atomic E-state index is -0.909. The van der Waals surface area contributed by atoms with Gasteiger partial charge in [0.1, 0.15) is 0 Å². The van der Waals surface area contributed by atoms with Crippen molar-refractivity contribution < 1.29 is 14.6 Å². The van der Waals surface area contributed by atoms with Gasteiger partial charge < -0.3 is 20.5 Å². The maximum atomic E-state index is 11.1. The summed E-state index contributed by atoms with van der Waals surface area (Å²) in [5, 5.41) is 16.0. The molecule has 6 rings (SSSR count). The molecule has 4 saturated carbocycles. The third-order valence-electron chi connectivity index (χ3n) is 7.65. The SMILES string of the molecule is O=C(O)c1ccc(NC(=NCC23CC4CC(CC(C4)C2)C3)NCC2CCCO2)cc1. The average Bonchev–Trinajstić information content (AvgIpc) is 3.23. The molecule has 0 amide bonds. The van der Waals surface area contributed by atoms with E-state index in [1.165, 1.54) is 38.5 Å². The fraction of sp³-hybridized carbons (Fsp3) is 0.667. The van der Waals surface area contributed by atoms with Gasteiger partial charge in [0.15, 0.2) is 5.96 Å². The van der Waals surface area contributed by atoms with Crippen molar-refractivity contribution in [3.63, 3.8) is 0 Å². The molecule has 0 radical (unpaired) electrons. The minimum Gasteiger partial charge on any atom is -0.478 e. The maximum Gasteiger partial charge on any atom is 0.335 e. The number of aromatic carboxylic acids is 1. The van der Waals surface area contributed by atoms with E-state index in [9.17, 15) is 4.79 Å². The number of nitrogens with one attached hydrogen (secondary N) is 2. The van der Waals surface area contributed by atoms with Crippen LogP contribution in [0.15, 0.2) is 29.3 Å². The number of carboxylic acid groups (broad SMARTS) is 1. The molecule has 1 aliphatic heterocycles. The number of carboxylic acids is 1. The average molecular weight is 412 g/mol. The quantitative estimate of drug-likeness (QED) is 0.484. The molecule has 4 aliphatic carbocycles. The van der Waals surface area contributed by atoms with Crippen molar-refractivity contribution in [2.45, 2.75) is 57.5 Å². The zero-order chi connectivity index (χ0) is 20.6. The van der Waals surface area contributed by atoms with E-state index in [2.05, 4.69) is 10.6 Å². The number of anilines is 1. The van der Waals surface area contributed by atoms with Crippen LogP contribution in [0.5, 0.6) is 0 Å². The molecule has 5 fully saturated rings. The molecule has 1 aromatic rings. The number of carbonyl (C=O) groups is 1. The zero-order valence-corrected chi connectivity index (χ0v) is 17.6. The van der Waals surface area contributed by atoms with Crippen LogP contribution >= 0.6 is 0 Å². The number of guanidine groups is 1. The van der Waals surface area contributed by atoms with Gasteiger partial charge in [0.25, 0.3) is 0 Å². The Bertz CT molecular complexity index is 763. The summed E-state index contributed by atoms with van der Waals surface area (Å²) in [5.74, 6) is 2.64. The first-order valence-electron chi connectivity index (χ1n) is 11.6. The van der Waals surface area contributed by atoms with Crippen LogP contribution in [0.3, 0.4) is 0 Å². The van der Waals surface area contributed by atoms with Gasteiger partial charge in [0.05, 0.1) is 11.7 Å². The molecule has 1 atom stereocenters. The number of hydrogen-bond acceptors (Lipinski definition) is 3. The first kappa shape index (κ1) is 19.9. The van der Waals surface area contributed by atoms with E-state index in [-0.39, 0.29) is 6.10 Å². The van der Waals surface area contributed by atoms with E-state index in [0.717, 1.165) is 61.9 Å². The number of benzene rings is 1. The molecule has 162 valence electrons. The Morgan fingerprint density at radius 3 is 2.33 bits per heavy atom. The second-order valence-corrected chi connectivity index (χ2v) is 10.1. The predicted molar refractivity (Wildman–Crippen MR) is 117 cm³/mol. The van der Waals surface area contributed by atoms with Crippen LogP contribution in [0.2, 0.25) is 0 Å². The highest BCUT2D eigenvalue weighted by atomic mass is 16.5. The van der Waals surface area contributed by atoms with Gasteiger partial charge in [-0.25, -0.2) is 4.79 Å². The van der Waals surface area contributed by atoms with Crippen LogP contribution in [0.25, 0.3) is 0 Å². The molecule has 1 aromatic carbocycles. The fourth-order valence-electron chi connectivity index (χ4n) is 6.72. The monoisotopic (exact) mass is 411 g/mol. The van der Waals surface area contributed by atoms with Crippen LogP contribution in [0, 0.1) is 23.2 Å². The molecule has 6 nitrogen and oxygen atoms in total. The second kappa shape index (κ2) is 8.22. The summed E-state index contributed by atoms with van der Waals surface area (Å²) in [4.78, 5) is 16.2. The smallest absolute Gasteiger partial charge is 0.335 e. The van der Waals surface area contributed by atoms with Crippen molar-refractivity contribution in [3.8, 4) is 0 Å². The minimum absolute atomic E-state index is 0.242. The third kappa shape index (κ3) is 4.34. The molecule has 6 heteroatoms. The van der Waals surface area contributed by atoms with Crippen LogP contribution in [0.1, 0.15) is 61.7 Å². The Hall–Kier alpha value is -2.08. The van der Waals surface area contributed by atoms with Crippen molar-refractivity contribution in [2.75, 3.05) is 25.0 Å². The van der Waals surface area contributed by atoms with Gasteiger partial charge >= 0.3 is 5.97 Å². The molecule has 3 N–H and O–H groups in total. The summed E-state index contributed by atoms with van der Waals surface area (Å²) < 4.78 is 5.76. The number of hydrogen-bond donors (Lipinski definition) is 3. The largest absolute Gasteiger partial charge is 0.478 e. The van der Waals surface area contributed by atoms with Crippen molar-refractivity contribution in [1.29, 1.82) is 0 Å². The highest BCUT2D eigenvalue weighted by Crippen LogP contribution is 2.60. The summed E-state index contributed by atoms with van der Waals surface area (Å²) in [6.45, 7) is 2.47. The fourth-order valence-corrected chi connectivity index (χ4v) is 6.72. The molecule has 0 aromatic heterocycles. The highest BCUT2D eigenvalue weighted by molar-refractivity contribution is 5.94. The molecule has 4 bridgehead atoms. The van der Waals surface area contributed by atoms with Crippen molar-refractivity contribution in [1.82, 2.24) is 5.32 Å². The first-order chi connectivity index (χ1) is 14.6. The molecule has 5 aliphatic rings. The van der Waals surface area contributed by atoms with E-state index >= 15 is 0 Å². The lowest BCUT2D eigenvalue weighted by molar-refractivity contribution is -0.0465. The van der Waals surface area contributed by atoms with Crippen molar-refractivity contribution in [2.24, 2.45) is 28.2 Å². The molecular weight excluding hydrogens is 378 g/mol. The predicted octanol–water partition coefficient (Wildman–Crippen LogP) is 4.14. The number of aliphatic imine (C=N–C) groups is 1. The van der Waals surface area contributed by atoms with Gasteiger partial charge in [-0.15, -0.1) is 0 Å². The van der Waals surface area contributed by atoms with E-state index in [0.29, 0.717) is 11.0 Å². The van der Waals surface area contributed by atoms with E-state index < -0.39 is 5.97 Å². The lowest BCUT2D eigenvalue weighted by Gasteiger charge is -2.56. The summed E-state index contributed by atoms with van der Waals surface area (Å²) >= 11 is 0. The number of nitrogens with zero attached hydrogens (tertiary/aromatic N) is 1. The van der Waals surface area contributed by atoms with Crippen molar-refractivity contribution >= 4 is 17.6 Å². The van der Waals surface area contributed by atoms with Gasteiger partial charge in [-0.3, -0.25) is 4.99 Å². The Kier molecular flexibility index (Phi) is 5.44. The lowest BCUT2D eigenvalue weighted by Crippen LogP contribution is -2.48. The van der Waals surface area contributed by atoms with Crippen LogP contribution < -0.4 is 10.6 Å². The Morgan fingerprint density at radius 1 is 1.10 bits per heavy atom. The van der Waals surface area contributed by atoms with Crippen molar-refractivity contribution in [3.05, 3.63) is 29.8 Å². The van der Waals surface area contributed by atoms with E-state index in [4.69, 9.17) is 14.8 Å². The Morgan fingerprint density at radius 2 is 1.77 bits per heavy atom. The van der Waals surface area contributed by atoms with Gasteiger partial charge in [0, 0.05) is 25.4 Å². The van der Waals surface area contributed by atoms with Gasteiger partial charge in [-0.05, 0) is 98.8 Å². The van der Waals surface area contributed by atoms with Gasteiger partial charge in [0.2, 0.25) is 0 Å². The molecule has 0 spiro atoms. The number of ether oxygens (including phenoxy) is 1. The van der Waals surface area contributed by atoms with Gasteiger partial charge in [-0.2, -0.15) is 0 Å². The third-order valence-corrected chi connectivity index (χ3v) is 7.65. The molecular formula is C24H33N3O3. The maximum absolute atomic E-state index is 11.1. The Labute approximate surface area is 178 Å². The standard InChI is InChI=1S/C24H33N3O3/c28-22(29)19-3-5-20(6-4-19)27-23(25-14-21-2-1-7-30-21)26-15-24-11-16-8-17(12-24)10-18(9-16)13-24/h3-6,16-18,21H,1-2,7-15H2,(H,28,29)(H2,25,26,27). The summed E-state index contributed by atoms with van der Waals surface area (Å²) in [6, 6.07) is 6.86. The second-order valence-electron chi connectivity index (χ2n) is 10.1. The molecule has 30 heavy (non-hydrogen) atoms. The summed E-state index contributed by atoms with van der Waals surface area (Å²) in [6.07, 6.45) is 10.8. The normalized spacial score (nSPS) is 34.9. The van der Waals surface area contributed by atoms with E-state index in [1.807, 2.05) is 0 Å². The number of rotatable bonds is 6. The topological polar surface area (TPSA) is 83.0 Å². The van der Waals surface area contributed by atoms with Crippen LogP contribution in [0.4, 0.5) is 5.69 Å². The first-order valence-corrected chi connectivity index (χ1v) is 11.6. The van der Waals surface area contributed by atoms with Gasteiger partial charge in [-0.1, -0.05) is 0 Å². The highest BCUT2D eigenvalue weighted by Gasteiger charge is 2.50. The molecule has 1 unspecified atom stereocenters. The molecule has 1 heterocycles. The van der Waals surface area contributed by atoms with Crippen LogP contribution in [-0.2, 0) is 4.74 Å². The van der Waals surface area contributed by atoms with Crippen LogP contribution in [-0.4, -0.2) is 42.8 Å². The summed E-state index contributed by atoms with van der Waals surface area (Å²) in [7, 11) is 0. The zero-order valence-electron chi connectivity index (χ0n) is 17.6.